The number of methoxy groups -OCH3 is 1. The molecule has 0 aliphatic rings. The number of halogens is 1. The van der Waals surface area contributed by atoms with Crippen molar-refractivity contribution in [3.8, 4) is 0 Å². The fraction of sp³-hybridized carbons (Fsp3) is 0.364. The summed E-state index contributed by atoms with van der Waals surface area (Å²) in [5, 5.41) is 0. The monoisotopic (exact) mass is 211 g/mol. The van der Waals surface area contributed by atoms with Gasteiger partial charge >= 0.3 is 0 Å². The molecule has 0 unspecified atom stereocenters. The first kappa shape index (κ1) is 11.7. The van der Waals surface area contributed by atoms with Gasteiger partial charge in [0, 0.05) is 26.3 Å². The van der Waals surface area contributed by atoms with Crippen molar-refractivity contribution < 1.29 is 13.9 Å². The second-order valence-electron chi connectivity index (χ2n) is 3.21. The number of carbonyl (C=O) groups is 1. The highest BCUT2D eigenvalue weighted by Crippen LogP contribution is 2.21. The minimum atomic E-state index is -0.391. The van der Waals surface area contributed by atoms with Crippen LogP contribution in [0.25, 0.3) is 0 Å². The maximum absolute atomic E-state index is 13.5. The van der Waals surface area contributed by atoms with Crippen molar-refractivity contribution in [2.75, 3.05) is 32.2 Å². The molecule has 0 radical (unpaired) electrons. The van der Waals surface area contributed by atoms with Crippen molar-refractivity contribution in [3.63, 3.8) is 0 Å². The van der Waals surface area contributed by atoms with Crippen LogP contribution in [0.5, 0.6) is 0 Å². The fourth-order valence-corrected chi connectivity index (χ4v) is 1.37. The first-order chi connectivity index (χ1) is 7.20. The van der Waals surface area contributed by atoms with E-state index in [1.165, 1.54) is 12.1 Å². The lowest BCUT2D eigenvalue weighted by Crippen LogP contribution is -2.24. The molecule has 0 aliphatic heterocycles. The van der Waals surface area contributed by atoms with Crippen LogP contribution in [0.1, 0.15) is 10.4 Å². The zero-order valence-corrected chi connectivity index (χ0v) is 8.87. The predicted octanol–water partition coefficient (Wildman–Crippen LogP) is 1.72. The number of carbonyl (C=O) groups excluding carboxylic acids is 1. The Labute approximate surface area is 88.5 Å². The van der Waals surface area contributed by atoms with E-state index in [0.717, 1.165) is 0 Å². The molecule has 15 heavy (non-hydrogen) atoms. The number of hydrogen-bond acceptors (Lipinski definition) is 3. The van der Waals surface area contributed by atoms with Crippen LogP contribution in [-0.2, 0) is 4.74 Å². The third kappa shape index (κ3) is 2.76. The van der Waals surface area contributed by atoms with E-state index >= 15 is 0 Å². The van der Waals surface area contributed by atoms with Gasteiger partial charge in [-0.15, -0.1) is 0 Å². The van der Waals surface area contributed by atoms with Gasteiger partial charge in [0.1, 0.15) is 5.82 Å². The van der Waals surface area contributed by atoms with Crippen molar-refractivity contribution in [2.45, 2.75) is 0 Å². The van der Waals surface area contributed by atoms with Crippen molar-refractivity contribution in [1.82, 2.24) is 0 Å². The van der Waals surface area contributed by atoms with Crippen LogP contribution in [0.15, 0.2) is 18.2 Å². The summed E-state index contributed by atoms with van der Waals surface area (Å²) in [6, 6.07) is 4.45. The van der Waals surface area contributed by atoms with Gasteiger partial charge in [-0.3, -0.25) is 4.79 Å². The van der Waals surface area contributed by atoms with Gasteiger partial charge in [0.2, 0.25) is 0 Å². The summed E-state index contributed by atoms with van der Waals surface area (Å²) in [4.78, 5) is 12.4. The van der Waals surface area contributed by atoms with E-state index in [2.05, 4.69) is 0 Å². The summed E-state index contributed by atoms with van der Waals surface area (Å²) < 4.78 is 18.4. The number of nitrogens with zero attached hydrogens (tertiary/aromatic N) is 1. The Balaban J connectivity index is 2.95. The zero-order valence-electron chi connectivity index (χ0n) is 8.87. The minimum Gasteiger partial charge on any atom is -0.383 e. The Hall–Kier alpha value is -1.42. The van der Waals surface area contributed by atoms with Gasteiger partial charge < -0.3 is 9.64 Å². The number of rotatable bonds is 5. The Bertz CT molecular complexity index is 341. The highest BCUT2D eigenvalue weighted by atomic mass is 19.1. The second-order valence-corrected chi connectivity index (χ2v) is 3.21. The van der Waals surface area contributed by atoms with E-state index in [1.54, 1.807) is 25.1 Å². The summed E-state index contributed by atoms with van der Waals surface area (Å²) in [5.41, 5.74) is 0.679. The lowest BCUT2D eigenvalue weighted by atomic mass is 10.1. The van der Waals surface area contributed by atoms with Crippen molar-refractivity contribution >= 4 is 12.0 Å². The zero-order chi connectivity index (χ0) is 11.3. The number of para-hydroxylation sites is 1. The summed E-state index contributed by atoms with van der Waals surface area (Å²) in [6.07, 6.45) is 0.654. The number of aldehydes is 1. The number of likely N-dealkylation sites (N-methyl/N-ethyl adjacent to an activating group) is 1. The van der Waals surface area contributed by atoms with Gasteiger partial charge in [-0.25, -0.2) is 4.39 Å². The quantitative estimate of drug-likeness (QED) is 0.694. The van der Waals surface area contributed by atoms with Crippen LogP contribution in [0, 0.1) is 5.82 Å². The van der Waals surface area contributed by atoms with Crippen LogP contribution in [-0.4, -0.2) is 33.6 Å². The number of ether oxygens (including phenoxy) is 1. The molecule has 0 fully saturated rings. The molecule has 0 heterocycles. The van der Waals surface area contributed by atoms with Gasteiger partial charge in [-0.1, -0.05) is 6.07 Å². The normalized spacial score (nSPS) is 10.1. The third-order valence-corrected chi connectivity index (χ3v) is 2.16. The van der Waals surface area contributed by atoms with E-state index in [0.29, 0.717) is 30.7 Å². The molecule has 0 N–H and O–H groups in total. The smallest absolute Gasteiger partial charge is 0.152 e. The summed E-state index contributed by atoms with van der Waals surface area (Å²) >= 11 is 0. The van der Waals surface area contributed by atoms with Crippen molar-refractivity contribution in [3.05, 3.63) is 29.6 Å². The molecule has 1 rings (SSSR count). The number of hydrogen-bond donors (Lipinski definition) is 0. The van der Waals surface area contributed by atoms with E-state index in [-0.39, 0.29) is 0 Å². The van der Waals surface area contributed by atoms with E-state index in [1.807, 2.05) is 0 Å². The van der Waals surface area contributed by atoms with Gasteiger partial charge in [0.15, 0.2) is 6.29 Å². The average molecular weight is 211 g/mol. The maximum atomic E-state index is 13.5. The second kappa shape index (κ2) is 5.46. The molecule has 4 heteroatoms. The topological polar surface area (TPSA) is 29.5 Å². The molecular weight excluding hydrogens is 197 g/mol. The predicted molar refractivity (Wildman–Crippen MR) is 56.9 cm³/mol. The Morgan fingerprint density at radius 3 is 2.87 bits per heavy atom. The Morgan fingerprint density at radius 1 is 1.53 bits per heavy atom. The molecule has 0 saturated carbocycles. The molecule has 0 amide bonds. The Kier molecular flexibility index (Phi) is 4.24. The molecule has 0 bridgehead atoms. The molecule has 0 spiro atoms. The maximum Gasteiger partial charge on any atom is 0.152 e. The van der Waals surface area contributed by atoms with Gasteiger partial charge in [-0.05, 0) is 12.1 Å². The van der Waals surface area contributed by atoms with Crippen LogP contribution < -0.4 is 4.90 Å². The first-order valence-electron chi connectivity index (χ1n) is 4.64. The first-order valence-corrected chi connectivity index (χ1v) is 4.64. The minimum absolute atomic E-state index is 0.324. The Morgan fingerprint density at radius 2 is 2.27 bits per heavy atom. The highest BCUT2D eigenvalue weighted by Gasteiger charge is 2.11. The molecule has 0 aromatic heterocycles. The molecule has 0 aliphatic carbocycles. The highest BCUT2D eigenvalue weighted by molar-refractivity contribution is 5.84. The van der Waals surface area contributed by atoms with Gasteiger partial charge in [-0.2, -0.15) is 0 Å². The van der Waals surface area contributed by atoms with Crippen LogP contribution in [0.4, 0.5) is 10.1 Å². The summed E-state index contributed by atoms with van der Waals surface area (Å²) in [7, 11) is 3.31. The number of benzene rings is 1. The molecule has 3 nitrogen and oxygen atoms in total. The molecule has 0 atom stereocenters. The molecule has 82 valence electrons. The number of anilines is 1. The fourth-order valence-electron chi connectivity index (χ4n) is 1.37. The molecular formula is C11H14FNO2. The van der Waals surface area contributed by atoms with Crippen LogP contribution in [0.3, 0.4) is 0 Å². The van der Waals surface area contributed by atoms with Gasteiger partial charge in [0.05, 0.1) is 12.3 Å². The van der Waals surface area contributed by atoms with E-state index in [9.17, 15) is 9.18 Å². The van der Waals surface area contributed by atoms with Crippen molar-refractivity contribution in [2.24, 2.45) is 0 Å². The summed E-state index contributed by atoms with van der Waals surface area (Å²) in [6.45, 7) is 1.03. The lowest BCUT2D eigenvalue weighted by molar-refractivity contribution is 0.112. The SMILES string of the molecule is COCCN(C)c1c(F)cccc1C=O. The van der Waals surface area contributed by atoms with E-state index in [4.69, 9.17) is 4.74 Å². The van der Waals surface area contributed by atoms with Crippen LogP contribution >= 0.6 is 0 Å². The molecule has 0 saturated heterocycles. The van der Waals surface area contributed by atoms with Crippen molar-refractivity contribution in [1.29, 1.82) is 0 Å². The standard InChI is InChI=1S/C11H14FNO2/c1-13(6-7-15-2)11-9(8-14)4-3-5-10(11)12/h3-5,8H,6-7H2,1-2H3. The van der Waals surface area contributed by atoms with Crippen LogP contribution in [0.2, 0.25) is 0 Å². The van der Waals surface area contributed by atoms with Gasteiger partial charge in [0.25, 0.3) is 0 Å². The largest absolute Gasteiger partial charge is 0.383 e. The molecule has 1 aromatic carbocycles. The molecule has 1 aromatic rings. The average Bonchev–Trinajstić information content (AvgIpc) is 2.25. The summed E-state index contributed by atoms with van der Waals surface area (Å²) in [5.74, 6) is -0.391. The van der Waals surface area contributed by atoms with E-state index < -0.39 is 5.82 Å². The third-order valence-electron chi connectivity index (χ3n) is 2.16. The lowest BCUT2D eigenvalue weighted by Gasteiger charge is -2.20.